The van der Waals surface area contributed by atoms with Crippen LogP contribution < -0.4 is 4.74 Å². The highest BCUT2D eigenvalue weighted by molar-refractivity contribution is 5.97. The van der Waals surface area contributed by atoms with E-state index < -0.39 is 5.82 Å². The summed E-state index contributed by atoms with van der Waals surface area (Å²) < 4.78 is 19.4. The number of piperidine rings is 1. The van der Waals surface area contributed by atoms with Gasteiger partial charge in [0.05, 0.1) is 5.56 Å². The van der Waals surface area contributed by atoms with E-state index in [1.807, 2.05) is 0 Å². The van der Waals surface area contributed by atoms with Gasteiger partial charge >= 0.3 is 0 Å². The van der Waals surface area contributed by atoms with Crippen LogP contribution in [0.25, 0.3) is 0 Å². The Morgan fingerprint density at radius 1 is 1.39 bits per heavy atom. The predicted octanol–water partition coefficient (Wildman–Crippen LogP) is 2.50. The van der Waals surface area contributed by atoms with Crippen molar-refractivity contribution in [3.63, 3.8) is 0 Å². The number of carbonyl (C=O) groups excluding carboxylic acids is 1. The Morgan fingerprint density at radius 2 is 2.06 bits per heavy atom. The number of halogens is 1. The lowest BCUT2D eigenvalue weighted by atomic mass is 10.1. The van der Waals surface area contributed by atoms with Crippen LogP contribution in [0.3, 0.4) is 0 Å². The Morgan fingerprint density at radius 3 is 2.67 bits per heavy atom. The van der Waals surface area contributed by atoms with Crippen LogP contribution in [-0.4, -0.2) is 36.9 Å². The van der Waals surface area contributed by atoms with Crippen molar-refractivity contribution in [3.8, 4) is 5.75 Å². The summed E-state index contributed by atoms with van der Waals surface area (Å²) in [6.07, 6.45) is 1.88. The highest BCUT2D eigenvalue weighted by Crippen LogP contribution is 2.25. The number of ether oxygens (including phenoxy) is 1. The first-order valence-corrected chi connectivity index (χ1v) is 6.22. The fourth-order valence-corrected chi connectivity index (χ4v) is 2.23. The molecular formula is C14H18FNO2. The average molecular weight is 251 g/mol. The van der Waals surface area contributed by atoms with E-state index in [9.17, 15) is 9.18 Å². The fourth-order valence-electron chi connectivity index (χ4n) is 2.23. The van der Waals surface area contributed by atoms with Gasteiger partial charge in [-0.3, -0.25) is 4.79 Å². The Balaban J connectivity index is 2.14. The van der Waals surface area contributed by atoms with Crippen molar-refractivity contribution < 1.29 is 13.9 Å². The van der Waals surface area contributed by atoms with Crippen LogP contribution in [0.5, 0.6) is 5.75 Å². The molecule has 0 radical (unpaired) electrons. The minimum absolute atomic E-state index is 0.0661. The molecule has 1 aromatic rings. The SMILES string of the molecule is CC(=O)c1c(F)cccc1OC1CCN(C)CC1. The second-order valence-corrected chi connectivity index (χ2v) is 4.79. The zero-order chi connectivity index (χ0) is 13.1. The first kappa shape index (κ1) is 13.0. The number of benzene rings is 1. The van der Waals surface area contributed by atoms with Gasteiger partial charge in [0.2, 0.25) is 0 Å². The van der Waals surface area contributed by atoms with Crippen LogP contribution in [0, 0.1) is 5.82 Å². The van der Waals surface area contributed by atoms with Gasteiger partial charge in [-0.25, -0.2) is 4.39 Å². The van der Waals surface area contributed by atoms with Crippen molar-refractivity contribution in [1.82, 2.24) is 4.90 Å². The van der Waals surface area contributed by atoms with Crippen molar-refractivity contribution in [3.05, 3.63) is 29.6 Å². The second kappa shape index (κ2) is 5.48. The standard InChI is InChI=1S/C14H18FNO2/c1-10(17)14-12(15)4-3-5-13(14)18-11-6-8-16(2)9-7-11/h3-5,11H,6-9H2,1-2H3. The van der Waals surface area contributed by atoms with E-state index >= 15 is 0 Å². The Labute approximate surface area is 107 Å². The molecule has 1 aliphatic heterocycles. The van der Waals surface area contributed by atoms with Crippen LogP contribution >= 0.6 is 0 Å². The Hall–Kier alpha value is -1.42. The van der Waals surface area contributed by atoms with Gasteiger partial charge < -0.3 is 9.64 Å². The highest BCUT2D eigenvalue weighted by Gasteiger charge is 2.21. The predicted molar refractivity (Wildman–Crippen MR) is 67.6 cm³/mol. The maximum Gasteiger partial charge on any atom is 0.166 e. The maximum absolute atomic E-state index is 13.6. The molecule has 0 atom stereocenters. The summed E-state index contributed by atoms with van der Waals surface area (Å²) in [4.78, 5) is 13.7. The molecule has 1 aromatic carbocycles. The maximum atomic E-state index is 13.6. The third-order valence-corrected chi connectivity index (χ3v) is 3.29. The number of likely N-dealkylation sites (tertiary alicyclic amines) is 1. The summed E-state index contributed by atoms with van der Waals surface area (Å²) in [5, 5.41) is 0. The smallest absolute Gasteiger partial charge is 0.166 e. The van der Waals surface area contributed by atoms with Crippen molar-refractivity contribution in [2.24, 2.45) is 0 Å². The third kappa shape index (κ3) is 2.88. The number of carbonyl (C=O) groups is 1. The van der Waals surface area contributed by atoms with E-state index in [4.69, 9.17) is 4.74 Å². The van der Waals surface area contributed by atoms with Gasteiger partial charge in [0.25, 0.3) is 0 Å². The molecule has 0 spiro atoms. The molecule has 0 aliphatic carbocycles. The first-order valence-electron chi connectivity index (χ1n) is 6.22. The molecule has 1 saturated heterocycles. The summed E-state index contributed by atoms with van der Waals surface area (Å²) in [6, 6.07) is 4.53. The van der Waals surface area contributed by atoms with Crippen LogP contribution in [-0.2, 0) is 0 Å². The quantitative estimate of drug-likeness (QED) is 0.773. The summed E-state index contributed by atoms with van der Waals surface area (Å²) in [7, 11) is 2.07. The van der Waals surface area contributed by atoms with Crippen LogP contribution in [0.2, 0.25) is 0 Å². The lowest BCUT2D eigenvalue weighted by molar-refractivity contribution is 0.0975. The van der Waals surface area contributed by atoms with Gasteiger partial charge in [0.15, 0.2) is 5.78 Å². The van der Waals surface area contributed by atoms with Gasteiger partial charge in [0.1, 0.15) is 17.7 Å². The van der Waals surface area contributed by atoms with Gasteiger partial charge in [-0.15, -0.1) is 0 Å². The van der Waals surface area contributed by atoms with E-state index in [0.717, 1.165) is 25.9 Å². The lowest BCUT2D eigenvalue weighted by Crippen LogP contribution is -2.35. The molecule has 1 heterocycles. The number of rotatable bonds is 3. The molecule has 4 heteroatoms. The first-order chi connectivity index (χ1) is 8.58. The number of ketones is 1. The number of hydrogen-bond acceptors (Lipinski definition) is 3. The molecule has 0 unspecified atom stereocenters. The fraction of sp³-hybridized carbons (Fsp3) is 0.500. The Bertz CT molecular complexity index is 439. The topological polar surface area (TPSA) is 29.5 Å². The van der Waals surface area contributed by atoms with Crippen molar-refractivity contribution in [2.45, 2.75) is 25.9 Å². The molecule has 18 heavy (non-hydrogen) atoms. The molecule has 98 valence electrons. The van der Waals surface area contributed by atoms with Gasteiger partial charge in [-0.1, -0.05) is 6.07 Å². The van der Waals surface area contributed by atoms with Crippen molar-refractivity contribution >= 4 is 5.78 Å². The zero-order valence-electron chi connectivity index (χ0n) is 10.8. The van der Waals surface area contributed by atoms with E-state index in [2.05, 4.69) is 11.9 Å². The minimum atomic E-state index is -0.507. The van der Waals surface area contributed by atoms with Crippen molar-refractivity contribution in [2.75, 3.05) is 20.1 Å². The number of Topliss-reactive ketones (excluding diaryl/α,β-unsaturated/α-hetero) is 1. The number of nitrogens with zero attached hydrogens (tertiary/aromatic N) is 1. The van der Waals surface area contributed by atoms with Gasteiger partial charge in [0, 0.05) is 13.1 Å². The second-order valence-electron chi connectivity index (χ2n) is 4.79. The van der Waals surface area contributed by atoms with E-state index in [-0.39, 0.29) is 17.5 Å². The van der Waals surface area contributed by atoms with E-state index in [0.29, 0.717) is 5.75 Å². The van der Waals surface area contributed by atoms with Crippen molar-refractivity contribution in [1.29, 1.82) is 0 Å². The molecule has 0 bridgehead atoms. The summed E-state index contributed by atoms with van der Waals surface area (Å²) >= 11 is 0. The normalized spacial score (nSPS) is 17.7. The molecule has 1 fully saturated rings. The zero-order valence-corrected chi connectivity index (χ0v) is 10.8. The van der Waals surface area contributed by atoms with Gasteiger partial charge in [-0.2, -0.15) is 0 Å². The van der Waals surface area contributed by atoms with Gasteiger partial charge in [-0.05, 0) is 38.9 Å². The molecule has 1 aliphatic rings. The number of hydrogen-bond donors (Lipinski definition) is 0. The van der Waals surface area contributed by atoms with Crippen LogP contribution in [0.1, 0.15) is 30.1 Å². The molecule has 0 saturated carbocycles. The van der Waals surface area contributed by atoms with Crippen LogP contribution in [0.15, 0.2) is 18.2 Å². The minimum Gasteiger partial charge on any atom is -0.489 e. The third-order valence-electron chi connectivity index (χ3n) is 3.29. The average Bonchev–Trinajstić information content (AvgIpc) is 2.32. The largest absolute Gasteiger partial charge is 0.489 e. The molecule has 0 amide bonds. The molecular weight excluding hydrogens is 233 g/mol. The lowest BCUT2D eigenvalue weighted by Gasteiger charge is -2.29. The summed E-state index contributed by atoms with van der Waals surface area (Å²) in [5.74, 6) is -0.430. The molecule has 0 aromatic heterocycles. The van der Waals surface area contributed by atoms with E-state index in [1.54, 1.807) is 12.1 Å². The Kier molecular flexibility index (Phi) is 3.97. The summed E-state index contributed by atoms with van der Waals surface area (Å²) in [5.41, 5.74) is 0.0661. The van der Waals surface area contributed by atoms with E-state index in [1.165, 1.54) is 13.0 Å². The highest BCUT2D eigenvalue weighted by atomic mass is 19.1. The van der Waals surface area contributed by atoms with Crippen LogP contribution in [0.4, 0.5) is 4.39 Å². The monoisotopic (exact) mass is 251 g/mol. The molecule has 2 rings (SSSR count). The molecule has 3 nitrogen and oxygen atoms in total. The molecule has 0 N–H and O–H groups in total. The summed E-state index contributed by atoms with van der Waals surface area (Å²) in [6.45, 7) is 3.30.